The van der Waals surface area contributed by atoms with Crippen molar-refractivity contribution in [3.63, 3.8) is 0 Å². The Hall–Kier alpha value is -2.24. The number of pyridine rings is 1. The van der Waals surface area contributed by atoms with Crippen LogP contribution in [0.4, 0.5) is 5.69 Å². The number of carbonyl (C=O) groups is 1. The van der Waals surface area contributed by atoms with Crippen LogP contribution < -0.4 is 5.32 Å². The molecule has 1 amide bonds. The van der Waals surface area contributed by atoms with Crippen LogP contribution in [0.15, 0.2) is 59.6 Å². The van der Waals surface area contributed by atoms with Crippen molar-refractivity contribution in [2.24, 2.45) is 0 Å². The zero-order chi connectivity index (χ0) is 16.2. The maximum Gasteiger partial charge on any atom is 0.248 e. The van der Waals surface area contributed by atoms with Crippen molar-refractivity contribution < 1.29 is 4.79 Å². The van der Waals surface area contributed by atoms with E-state index in [2.05, 4.69) is 10.3 Å². The molecule has 1 N–H and O–H groups in total. The van der Waals surface area contributed by atoms with Crippen molar-refractivity contribution in [1.82, 2.24) is 9.38 Å². The first-order valence-electron chi connectivity index (χ1n) is 6.93. The van der Waals surface area contributed by atoms with E-state index in [0.717, 1.165) is 16.2 Å². The van der Waals surface area contributed by atoms with Gasteiger partial charge in [0.25, 0.3) is 0 Å². The van der Waals surface area contributed by atoms with Gasteiger partial charge in [0.15, 0.2) is 5.15 Å². The molecule has 1 aromatic carbocycles. The number of thioether (sulfide) groups is 1. The predicted molar refractivity (Wildman–Crippen MR) is 96.1 cm³/mol. The van der Waals surface area contributed by atoms with Crippen LogP contribution >= 0.6 is 23.4 Å². The summed E-state index contributed by atoms with van der Waals surface area (Å²) in [6, 6.07) is 13.3. The average molecular weight is 344 g/mol. The SMILES string of the molecule is CSc1cccc(NC(=O)C=Cc2c(Cl)nc3ccccn23)c1. The molecule has 2 aromatic heterocycles. The molecule has 0 bridgehead atoms. The lowest BCUT2D eigenvalue weighted by Gasteiger charge is -2.03. The summed E-state index contributed by atoms with van der Waals surface area (Å²) in [4.78, 5) is 17.4. The molecule has 0 aliphatic rings. The van der Waals surface area contributed by atoms with E-state index in [1.54, 1.807) is 17.8 Å². The van der Waals surface area contributed by atoms with Gasteiger partial charge in [-0.2, -0.15) is 0 Å². The Morgan fingerprint density at radius 3 is 3.00 bits per heavy atom. The summed E-state index contributed by atoms with van der Waals surface area (Å²) in [5, 5.41) is 3.20. The Morgan fingerprint density at radius 2 is 2.17 bits per heavy atom. The van der Waals surface area contributed by atoms with Crippen molar-refractivity contribution in [3.05, 3.63) is 65.6 Å². The highest BCUT2D eigenvalue weighted by molar-refractivity contribution is 7.98. The first-order chi connectivity index (χ1) is 11.2. The highest BCUT2D eigenvalue weighted by Crippen LogP contribution is 2.20. The van der Waals surface area contributed by atoms with Crippen LogP contribution in [0.1, 0.15) is 5.69 Å². The van der Waals surface area contributed by atoms with Gasteiger partial charge >= 0.3 is 0 Å². The number of nitrogens with one attached hydrogen (secondary N) is 1. The van der Waals surface area contributed by atoms with Crippen molar-refractivity contribution in [2.75, 3.05) is 11.6 Å². The number of fused-ring (bicyclic) bond motifs is 1. The number of carbonyl (C=O) groups excluding carboxylic acids is 1. The lowest BCUT2D eigenvalue weighted by molar-refractivity contribution is -0.111. The summed E-state index contributed by atoms with van der Waals surface area (Å²) in [7, 11) is 0. The number of anilines is 1. The van der Waals surface area contributed by atoms with Crippen LogP contribution in [0, 0.1) is 0 Å². The summed E-state index contributed by atoms with van der Waals surface area (Å²) < 4.78 is 1.83. The fourth-order valence-electron chi connectivity index (χ4n) is 2.17. The topological polar surface area (TPSA) is 46.4 Å². The van der Waals surface area contributed by atoms with Gasteiger partial charge in [-0.1, -0.05) is 23.7 Å². The van der Waals surface area contributed by atoms with Gasteiger partial charge in [0.1, 0.15) is 5.65 Å². The molecule has 0 radical (unpaired) electrons. The second-order valence-electron chi connectivity index (χ2n) is 4.77. The number of halogens is 1. The van der Waals surface area contributed by atoms with Gasteiger partial charge in [-0.3, -0.25) is 9.20 Å². The molecule has 4 nitrogen and oxygen atoms in total. The van der Waals surface area contributed by atoms with Gasteiger partial charge in [-0.05, 0) is 42.7 Å². The molecule has 0 atom stereocenters. The van der Waals surface area contributed by atoms with E-state index in [9.17, 15) is 4.79 Å². The highest BCUT2D eigenvalue weighted by atomic mass is 35.5. The monoisotopic (exact) mass is 343 g/mol. The van der Waals surface area contributed by atoms with E-state index in [-0.39, 0.29) is 5.91 Å². The molecule has 0 saturated heterocycles. The van der Waals surface area contributed by atoms with E-state index in [4.69, 9.17) is 11.6 Å². The maximum absolute atomic E-state index is 12.1. The van der Waals surface area contributed by atoms with E-state index in [0.29, 0.717) is 10.8 Å². The quantitative estimate of drug-likeness (QED) is 0.565. The third-order valence-corrected chi connectivity index (χ3v) is 4.26. The Bertz CT molecular complexity index is 888. The Balaban J connectivity index is 1.78. The molecule has 0 unspecified atom stereocenters. The molecule has 0 aliphatic carbocycles. The molecule has 2 heterocycles. The second-order valence-corrected chi connectivity index (χ2v) is 6.01. The van der Waals surface area contributed by atoms with E-state index in [1.807, 2.05) is 59.3 Å². The van der Waals surface area contributed by atoms with Gasteiger partial charge in [-0.25, -0.2) is 4.98 Å². The number of imidazole rings is 1. The number of benzene rings is 1. The first-order valence-corrected chi connectivity index (χ1v) is 8.53. The summed E-state index contributed by atoms with van der Waals surface area (Å²) in [6.45, 7) is 0. The summed E-state index contributed by atoms with van der Waals surface area (Å²) in [5.41, 5.74) is 2.18. The fraction of sp³-hybridized carbons (Fsp3) is 0.0588. The average Bonchev–Trinajstić information content (AvgIpc) is 2.88. The van der Waals surface area contributed by atoms with Crippen molar-refractivity contribution >= 4 is 46.7 Å². The third-order valence-electron chi connectivity index (χ3n) is 3.25. The maximum atomic E-state index is 12.1. The second kappa shape index (κ2) is 6.89. The van der Waals surface area contributed by atoms with Crippen molar-refractivity contribution in [1.29, 1.82) is 0 Å². The zero-order valence-electron chi connectivity index (χ0n) is 12.4. The van der Waals surface area contributed by atoms with Crippen LogP contribution in [-0.4, -0.2) is 21.5 Å². The number of amides is 1. The minimum Gasteiger partial charge on any atom is -0.322 e. The molecule has 0 spiro atoms. The lowest BCUT2D eigenvalue weighted by atomic mass is 10.3. The Morgan fingerprint density at radius 1 is 1.30 bits per heavy atom. The van der Waals surface area contributed by atoms with Gasteiger partial charge in [0, 0.05) is 22.9 Å². The smallest absolute Gasteiger partial charge is 0.248 e. The number of hydrogen-bond donors (Lipinski definition) is 1. The lowest BCUT2D eigenvalue weighted by Crippen LogP contribution is -2.07. The van der Waals surface area contributed by atoms with Crippen LogP contribution in [0.25, 0.3) is 11.7 Å². The minimum atomic E-state index is -0.217. The first kappa shape index (κ1) is 15.6. The number of rotatable bonds is 4. The standard InChI is InChI=1S/C17H14ClN3OS/c1-23-13-6-4-5-12(11-13)19-16(22)9-8-14-17(18)20-15-7-2-3-10-21(14)15/h2-11H,1H3,(H,19,22). The molecule has 0 fully saturated rings. The fourth-order valence-corrected chi connectivity index (χ4v) is 2.87. The third kappa shape index (κ3) is 3.57. The zero-order valence-corrected chi connectivity index (χ0v) is 13.9. The number of hydrogen-bond acceptors (Lipinski definition) is 3. The summed E-state index contributed by atoms with van der Waals surface area (Å²) in [5.74, 6) is -0.217. The summed E-state index contributed by atoms with van der Waals surface area (Å²) in [6.07, 6.45) is 6.96. The van der Waals surface area contributed by atoms with Crippen molar-refractivity contribution in [2.45, 2.75) is 4.90 Å². The molecule has 0 aliphatic heterocycles. The predicted octanol–water partition coefficient (Wildman–Crippen LogP) is 4.36. The largest absolute Gasteiger partial charge is 0.322 e. The van der Waals surface area contributed by atoms with Gasteiger partial charge in [0.05, 0.1) is 5.69 Å². The van der Waals surface area contributed by atoms with Gasteiger partial charge in [-0.15, -0.1) is 11.8 Å². The Labute approximate surface area is 143 Å². The van der Waals surface area contributed by atoms with Crippen LogP contribution in [0.5, 0.6) is 0 Å². The summed E-state index contributed by atoms with van der Waals surface area (Å²) >= 11 is 7.76. The van der Waals surface area contributed by atoms with Crippen LogP contribution in [0.2, 0.25) is 5.15 Å². The number of nitrogens with zero attached hydrogens (tertiary/aromatic N) is 2. The molecule has 0 saturated carbocycles. The normalized spacial score (nSPS) is 11.2. The molecular formula is C17H14ClN3OS. The molecule has 116 valence electrons. The van der Waals surface area contributed by atoms with E-state index in [1.165, 1.54) is 6.08 Å². The molecule has 6 heteroatoms. The van der Waals surface area contributed by atoms with E-state index < -0.39 is 0 Å². The minimum absolute atomic E-state index is 0.217. The van der Waals surface area contributed by atoms with Gasteiger partial charge in [0.2, 0.25) is 5.91 Å². The Kier molecular flexibility index (Phi) is 4.69. The van der Waals surface area contributed by atoms with Crippen molar-refractivity contribution in [3.8, 4) is 0 Å². The molecule has 3 rings (SSSR count). The van der Waals surface area contributed by atoms with E-state index >= 15 is 0 Å². The highest BCUT2D eigenvalue weighted by Gasteiger charge is 2.07. The van der Waals surface area contributed by atoms with Gasteiger partial charge < -0.3 is 5.32 Å². The molecule has 3 aromatic rings. The molecule has 23 heavy (non-hydrogen) atoms. The molecular weight excluding hydrogens is 330 g/mol. The van der Waals surface area contributed by atoms with Crippen LogP contribution in [0.3, 0.4) is 0 Å². The number of aromatic nitrogens is 2. The van der Waals surface area contributed by atoms with Crippen LogP contribution in [-0.2, 0) is 4.79 Å².